The minimum Gasteiger partial charge on any atom is -0.339 e. The Hall–Kier alpha value is -2.38. The van der Waals surface area contributed by atoms with Gasteiger partial charge in [0.2, 0.25) is 5.91 Å². The van der Waals surface area contributed by atoms with Gasteiger partial charge in [-0.15, -0.1) is 0 Å². The molecule has 2 aliphatic rings. The van der Waals surface area contributed by atoms with Gasteiger partial charge in [-0.3, -0.25) is 14.5 Å². The average molecular weight is 442 g/mol. The predicted molar refractivity (Wildman–Crippen MR) is 123 cm³/mol. The molecule has 164 valence electrons. The number of anilines is 1. The van der Waals surface area contributed by atoms with Crippen LogP contribution in [0.5, 0.6) is 0 Å². The van der Waals surface area contributed by atoms with E-state index in [1.807, 2.05) is 23.9 Å². The number of nitrogens with one attached hydrogen (secondary N) is 1. The molecule has 2 aliphatic heterocycles. The molecule has 2 fully saturated rings. The van der Waals surface area contributed by atoms with Crippen molar-refractivity contribution in [3.63, 3.8) is 0 Å². The van der Waals surface area contributed by atoms with Crippen molar-refractivity contribution < 1.29 is 14.0 Å². The highest BCUT2D eigenvalue weighted by atomic mass is 32.2. The highest BCUT2D eigenvalue weighted by Crippen LogP contribution is 2.22. The van der Waals surface area contributed by atoms with Crippen LogP contribution in [0, 0.1) is 11.7 Å². The smallest absolute Gasteiger partial charge is 0.253 e. The Morgan fingerprint density at radius 2 is 1.71 bits per heavy atom. The van der Waals surface area contributed by atoms with E-state index in [4.69, 9.17) is 0 Å². The molecule has 4 rings (SSSR count). The van der Waals surface area contributed by atoms with Gasteiger partial charge in [-0.2, -0.15) is 11.8 Å². The number of rotatable bonds is 5. The lowest BCUT2D eigenvalue weighted by atomic mass is 9.95. The van der Waals surface area contributed by atoms with Gasteiger partial charge in [-0.1, -0.05) is 12.1 Å². The molecular formula is C24H28FN3O2S. The standard InChI is InChI=1S/C24H28FN3O2S/c25-21-6-4-20(5-7-21)24(30)28-10-8-19(9-11-28)23(29)26-22-3-1-2-18(16-22)17-27-12-14-31-15-13-27/h1-7,16,19H,8-15,17H2,(H,26,29). The van der Waals surface area contributed by atoms with Crippen LogP contribution in [0.4, 0.5) is 10.1 Å². The van der Waals surface area contributed by atoms with Crippen LogP contribution in [-0.2, 0) is 11.3 Å². The van der Waals surface area contributed by atoms with Gasteiger partial charge in [0.05, 0.1) is 0 Å². The molecule has 31 heavy (non-hydrogen) atoms. The SMILES string of the molecule is O=C(Nc1cccc(CN2CCSCC2)c1)C1CCN(C(=O)c2ccc(F)cc2)CC1. The molecule has 2 heterocycles. The number of thioether (sulfide) groups is 1. The average Bonchev–Trinajstić information content (AvgIpc) is 2.80. The molecule has 0 spiro atoms. The zero-order valence-electron chi connectivity index (χ0n) is 17.6. The molecule has 0 radical (unpaired) electrons. The van der Waals surface area contributed by atoms with Gasteiger partial charge in [0.15, 0.2) is 0 Å². The highest BCUT2D eigenvalue weighted by Gasteiger charge is 2.28. The largest absolute Gasteiger partial charge is 0.339 e. The van der Waals surface area contributed by atoms with Crippen molar-refractivity contribution in [3.8, 4) is 0 Å². The Balaban J connectivity index is 1.28. The molecule has 0 bridgehead atoms. The molecule has 0 saturated carbocycles. The van der Waals surface area contributed by atoms with Gasteiger partial charge >= 0.3 is 0 Å². The molecule has 5 nitrogen and oxygen atoms in total. The van der Waals surface area contributed by atoms with Crippen molar-refractivity contribution in [2.75, 3.05) is 43.0 Å². The summed E-state index contributed by atoms with van der Waals surface area (Å²) in [6.07, 6.45) is 1.26. The van der Waals surface area contributed by atoms with E-state index in [0.717, 1.165) is 25.3 Å². The number of hydrogen-bond acceptors (Lipinski definition) is 4. The Labute approximate surface area is 187 Å². The van der Waals surface area contributed by atoms with Crippen molar-refractivity contribution in [1.82, 2.24) is 9.80 Å². The number of benzene rings is 2. The lowest BCUT2D eigenvalue weighted by Crippen LogP contribution is -2.41. The van der Waals surface area contributed by atoms with E-state index in [9.17, 15) is 14.0 Å². The molecule has 2 amide bonds. The van der Waals surface area contributed by atoms with Gasteiger partial charge in [-0.05, 0) is 54.8 Å². The van der Waals surface area contributed by atoms with Crippen molar-refractivity contribution >= 4 is 29.3 Å². The zero-order valence-corrected chi connectivity index (χ0v) is 18.4. The van der Waals surface area contributed by atoms with Gasteiger partial charge in [-0.25, -0.2) is 4.39 Å². The molecule has 0 aliphatic carbocycles. The van der Waals surface area contributed by atoms with Gasteiger partial charge in [0.1, 0.15) is 5.82 Å². The Bertz CT molecular complexity index is 907. The summed E-state index contributed by atoms with van der Waals surface area (Å²) >= 11 is 2.00. The maximum Gasteiger partial charge on any atom is 0.253 e. The third kappa shape index (κ3) is 5.86. The lowest BCUT2D eigenvalue weighted by Gasteiger charge is -2.31. The van der Waals surface area contributed by atoms with E-state index in [0.29, 0.717) is 31.5 Å². The van der Waals surface area contributed by atoms with Gasteiger partial charge < -0.3 is 10.2 Å². The van der Waals surface area contributed by atoms with E-state index in [1.165, 1.54) is 41.3 Å². The minimum atomic E-state index is -0.356. The van der Waals surface area contributed by atoms with Crippen LogP contribution < -0.4 is 5.32 Å². The molecule has 2 saturated heterocycles. The zero-order chi connectivity index (χ0) is 21.6. The number of carbonyl (C=O) groups is 2. The third-order valence-corrected chi connectivity index (χ3v) is 6.89. The summed E-state index contributed by atoms with van der Waals surface area (Å²) in [5.41, 5.74) is 2.52. The first-order valence-electron chi connectivity index (χ1n) is 10.8. The van der Waals surface area contributed by atoms with Crippen molar-refractivity contribution in [2.24, 2.45) is 5.92 Å². The van der Waals surface area contributed by atoms with Crippen LogP contribution in [-0.4, -0.2) is 59.3 Å². The monoisotopic (exact) mass is 441 g/mol. The highest BCUT2D eigenvalue weighted by molar-refractivity contribution is 7.99. The summed E-state index contributed by atoms with van der Waals surface area (Å²) in [5.74, 6) is 1.80. The number of nitrogens with zero attached hydrogens (tertiary/aromatic N) is 2. The number of likely N-dealkylation sites (tertiary alicyclic amines) is 1. The van der Waals surface area contributed by atoms with Crippen molar-refractivity contribution in [2.45, 2.75) is 19.4 Å². The lowest BCUT2D eigenvalue weighted by molar-refractivity contribution is -0.121. The predicted octanol–water partition coefficient (Wildman–Crippen LogP) is 3.87. The topological polar surface area (TPSA) is 52.7 Å². The van der Waals surface area contributed by atoms with Crippen LogP contribution in [0.1, 0.15) is 28.8 Å². The molecule has 2 aromatic carbocycles. The number of halogens is 1. The van der Waals surface area contributed by atoms with Crippen LogP contribution in [0.25, 0.3) is 0 Å². The summed E-state index contributed by atoms with van der Waals surface area (Å²) < 4.78 is 13.1. The molecule has 1 N–H and O–H groups in total. The van der Waals surface area contributed by atoms with E-state index < -0.39 is 0 Å². The first kappa shape index (κ1) is 21.8. The minimum absolute atomic E-state index is 0.0143. The fourth-order valence-electron chi connectivity index (χ4n) is 4.13. The molecule has 0 unspecified atom stereocenters. The van der Waals surface area contributed by atoms with Crippen molar-refractivity contribution in [3.05, 3.63) is 65.5 Å². The maximum atomic E-state index is 13.1. The first-order valence-corrected chi connectivity index (χ1v) is 12.0. The molecular weight excluding hydrogens is 413 g/mol. The second kappa shape index (κ2) is 10.3. The number of hydrogen-bond donors (Lipinski definition) is 1. The van der Waals surface area contributed by atoms with E-state index >= 15 is 0 Å². The second-order valence-electron chi connectivity index (χ2n) is 8.15. The number of amides is 2. The van der Waals surface area contributed by atoms with Gasteiger partial charge in [0, 0.05) is 61.4 Å². The molecule has 0 atom stereocenters. The molecule has 7 heteroatoms. The third-order valence-electron chi connectivity index (χ3n) is 5.95. The fourth-order valence-corrected chi connectivity index (χ4v) is 5.11. The van der Waals surface area contributed by atoms with Gasteiger partial charge in [0.25, 0.3) is 5.91 Å². The van der Waals surface area contributed by atoms with Crippen LogP contribution in [0.15, 0.2) is 48.5 Å². The summed E-state index contributed by atoms with van der Waals surface area (Å²) in [4.78, 5) is 29.6. The van der Waals surface area contributed by atoms with Crippen molar-refractivity contribution in [1.29, 1.82) is 0 Å². The van der Waals surface area contributed by atoms with Crippen LogP contribution in [0.2, 0.25) is 0 Å². The maximum absolute atomic E-state index is 13.1. The summed E-state index contributed by atoms with van der Waals surface area (Å²) in [7, 11) is 0. The Morgan fingerprint density at radius 3 is 2.42 bits per heavy atom. The van der Waals surface area contributed by atoms with Crippen LogP contribution in [0.3, 0.4) is 0 Å². The Kier molecular flexibility index (Phi) is 7.25. The number of piperidine rings is 1. The summed E-state index contributed by atoms with van der Waals surface area (Å²) in [5, 5.41) is 3.06. The van der Waals surface area contributed by atoms with E-state index in [-0.39, 0.29) is 23.5 Å². The first-order chi connectivity index (χ1) is 15.1. The van der Waals surface area contributed by atoms with E-state index in [1.54, 1.807) is 4.90 Å². The second-order valence-corrected chi connectivity index (χ2v) is 9.38. The summed E-state index contributed by atoms with van der Waals surface area (Å²) in [6.45, 7) is 4.18. The van der Waals surface area contributed by atoms with Crippen LogP contribution >= 0.6 is 11.8 Å². The number of carbonyl (C=O) groups excluding carboxylic acids is 2. The normalized spacial score (nSPS) is 18.0. The fraction of sp³-hybridized carbons (Fsp3) is 0.417. The summed E-state index contributed by atoms with van der Waals surface area (Å²) in [6, 6.07) is 13.7. The quantitative estimate of drug-likeness (QED) is 0.766. The Morgan fingerprint density at radius 1 is 1.00 bits per heavy atom. The molecule has 0 aromatic heterocycles. The van der Waals surface area contributed by atoms with E-state index in [2.05, 4.69) is 22.3 Å². The molecule has 2 aromatic rings.